The molecule has 0 aromatic carbocycles. The molecule has 0 aromatic heterocycles. The Morgan fingerprint density at radius 3 is 1.43 bits per heavy atom. The summed E-state index contributed by atoms with van der Waals surface area (Å²) in [5.74, 6) is -0.907. The van der Waals surface area contributed by atoms with E-state index in [-0.39, 0.29) is 19.4 Å². The first-order chi connectivity index (χ1) is 17.8. The molecular weight excluding hydrogens is 495 g/mol. The molecule has 0 fully saturated rings. The van der Waals surface area contributed by atoms with Gasteiger partial charge in [0.1, 0.15) is 6.61 Å². The van der Waals surface area contributed by atoms with Crippen molar-refractivity contribution in [3.8, 4) is 0 Å². The average molecular weight is 551 g/mol. The highest BCUT2D eigenvalue weighted by Gasteiger charge is 2.22. The lowest BCUT2D eigenvalue weighted by molar-refractivity contribution is -0.161. The molecule has 2 N–H and O–H groups in total. The van der Waals surface area contributed by atoms with Crippen LogP contribution < -0.4 is 0 Å². The monoisotopic (exact) mass is 550 g/mol. The molecule has 0 aliphatic heterocycles. The smallest absolute Gasteiger partial charge is 0.462 e. The molecule has 0 bridgehead atoms. The van der Waals surface area contributed by atoms with Crippen molar-refractivity contribution < 1.29 is 37.9 Å². The number of esters is 2. The van der Waals surface area contributed by atoms with Gasteiger partial charge in [0.25, 0.3) is 0 Å². The Balaban J connectivity index is 3.84. The molecule has 9 heteroatoms. The molecule has 1 atom stereocenters. The van der Waals surface area contributed by atoms with Crippen molar-refractivity contribution in [3.63, 3.8) is 0 Å². The largest absolute Gasteiger partial charge is 0.469 e. The van der Waals surface area contributed by atoms with Gasteiger partial charge in [-0.25, -0.2) is 4.57 Å². The van der Waals surface area contributed by atoms with Crippen molar-refractivity contribution in [1.82, 2.24) is 0 Å². The van der Waals surface area contributed by atoms with Crippen LogP contribution in [0.1, 0.15) is 149 Å². The summed E-state index contributed by atoms with van der Waals surface area (Å²) >= 11 is 0. The van der Waals surface area contributed by atoms with Crippen molar-refractivity contribution in [2.45, 2.75) is 155 Å². The maximum absolute atomic E-state index is 12.2. The topological polar surface area (TPSA) is 119 Å². The molecule has 0 saturated heterocycles. The molecule has 0 aromatic rings. The van der Waals surface area contributed by atoms with E-state index in [9.17, 15) is 14.2 Å². The predicted molar refractivity (Wildman–Crippen MR) is 147 cm³/mol. The third kappa shape index (κ3) is 27.9. The fourth-order valence-electron chi connectivity index (χ4n) is 4.14. The van der Waals surface area contributed by atoms with Crippen molar-refractivity contribution >= 4 is 19.8 Å². The van der Waals surface area contributed by atoms with E-state index >= 15 is 0 Å². The zero-order valence-electron chi connectivity index (χ0n) is 23.6. The van der Waals surface area contributed by atoms with Crippen LogP contribution in [-0.2, 0) is 28.2 Å². The van der Waals surface area contributed by atoms with Gasteiger partial charge in [-0.05, 0) is 12.8 Å². The molecule has 0 radical (unpaired) electrons. The van der Waals surface area contributed by atoms with Gasteiger partial charge in [-0.3, -0.25) is 14.1 Å². The molecule has 220 valence electrons. The summed E-state index contributed by atoms with van der Waals surface area (Å²) in [6.45, 7) is 3.47. The number of phosphoric acid groups is 1. The molecular formula is C28H55O8P. The quantitative estimate of drug-likeness (QED) is 0.0604. The Labute approximate surface area is 225 Å². The fraction of sp³-hybridized carbons (Fsp3) is 0.929. The third-order valence-corrected chi connectivity index (χ3v) is 6.86. The summed E-state index contributed by atoms with van der Waals surface area (Å²) < 4.78 is 25.8. The minimum absolute atomic E-state index is 0.218. The molecule has 0 saturated carbocycles. The molecule has 0 heterocycles. The van der Waals surface area contributed by atoms with Gasteiger partial charge in [-0.15, -0.1) is 0 Å². The molecule has 1 unspecified atom stereocenters. The van der Waals surface area contributed by atoms with Gasteiger partial charge in [0.2, 0.25) is 0 Å². The highest BCUT2D eigenvalue weighted by Crippen LogP contribution is 2.35. The van der Waals surface area contributed by atoms with E-state index in [1.165, 1.54) is 83.5 Å². The van der Waals surface area contributed by atoms with Crippen LogP contribution in [0, 0.1) is 0 Å². The van der Waals surface area contributed by atoms with Gasteiger partial charge in [0, 0.05) is 12.8 Å². The SMILES string of the molecule is CCCCCCCCCCCCCCCCCCC(=O)OC(COC(=O)CCCCC)COP(=O)(O)O. The molecule has 0 aliphatic rings. The summed E-state index contributed by atoms with van der Waals surface area (Å²) in [5.41, 5.74) is 0. The third-order valence-electron chi connectivity index (χ3n) is 6.38. The molecule has 0 spiro atoms. The van der Waals surface area contributed by atoms with Gasteiger partial charge in [0.15, 0.2) is 6.10 Å². The first kappa shape index (κ1) is 36.0. The second-order valence-corrected chi connectivity index (χ2v) is 11.3. The average Bonchev–Trinajstić information content (AvgIpc) is 2.85. The van der Waals surface area contributed by atoms with E-state index in [1.807, 2.05) is 6.92 Å². The highest BCUT2D eigenvalue weighted by molar-refractivity contribution is 7.46. The van der Waals surface area contributed by atoms with Gasteiger partial charge in [-0.1, -0.05) is 123 Å². The number of carbonyl (C=O) groups is 2. The number of ether oxygens (including phenoxy) is 2. The molecule has 0 rings (SSSR count). The Kier molecular flexibility index (Phi) is 24.7. The summed E-state index contributed by atoms with van der Waals surface area (Å²) in [6.07, 6.45) is 22.0. The van der Waals surface area contributed by atoms with Crippen LogP contribution in [0.3, 0.4) is 0 Å². The normalized spacial score (nSPS) is 12.4. The second-order valence-electron chi connectivity index (χ2n) is 10.1. The van der Waals surface area contributed by atoms with Gasteiger partial charge in [-0.2, -0.15) is 0 Å². The van der Waals surface area contributed by atoms with Gasteiger partial charge < -0.3 is 19.3 Å². The van der Waals surface area contributed by atoms with E-state index < -0.39 is 32.5 Å². The molecule has 0 aliphatic carbocycles. The van der Waals surface area contributed by atoms with Crippen LogP contribution in [0.5, 0.6) is 0 Å². The van der Waals surface area contributed by atoms with Crippen molar-refractivity contribution in [1.29, 1.82) is 0 Å². The Bertz CT molecular complexity index is 593. The number of hydrogen-bond donors (Lipinski definition) is 2. The van der Waals surface area contributed by atoms with Crippen molar-refractivity contribution in [3.05, 3.63) is 0 Å². The van der Waals surface area contributed by atoms with Crippen LogP contribution >= 0.6 is 7.82 Å². The van der Waals surface area contributed by atoms with E-state index in [0.717, 1.165) is 25.7 Å². The lowest BCUT2D eigenvalue weighted by Gasteiger charge is -2.18. The molecule has 0 amide bonds. The number of carbonyl (C=O) groups excluding carboxylic acids is 2. The van der Waals surface area contributed by atoms with Crippen LogP contribution in [0.2, 0.25) is 0 Å². The number of unbranched alkanes of at least 4 members (excludes halogenated alkanes) is 17. The Hall–Kier alpha value is -0.950. The minimum atomic E-state index is -4.72. The molecule has 37 heavy (non-hydrogen) atoms. The van der Waals surface area contributed by atoms with E-state index in [4.69, 9.17) is 19.3 Å². The first-order valence-corrected chi connectivity index (χ1v) is 16.4. The van der Waals surface area contributed by atoms with E-state index in [2.05, 4.69) is 11.4 Å². The maximum atomic E-state index is 12.2. The van der Waals surface area contributed by atoms with E-state index in [1.54, 1.807) is 0 Å². The van der Waals surface area contributed by atoms with E-state index in [0.29, 0.717) is 12.8 Å². The van der Waals surface area contributed by atoms with Crippen molar-refractivity contribution in [2.24, 2.45) is 0 Å². The lowest BCUT2D eigenvalue weighted by atomic mass is 10.0. The predicted octanol–water partition coefficient (Wildman–Crippen LogP) is 7.78. The second kappa shape index (κ2) is 25.3. The Morgan fingerprint density at radius 1 is 0.595 bits per heavy atom. The highest BCUT2D eigenvalue weighted by atomic mass is 31.2. The number of hydrogen-bond acceptors (Lipinski definition) is 6. The number of rotatable bonds is 27. The van der Waals surface area contributed by atoms with Crippen molar-refractivity contribution in [2.75, 3.05) is 13.2 Å². The summed E-state index contributed by atoms with van der Waals surface area (Å²) in [7, 11) is -4.72. The van der Waals surface area contributed by atoms with Crippen LogP contribution in [-0.4, -0.2) is 41.0 Å². The maximum Gasteiger partial charge on any atom is 0.469 e. The van der Waals surface area contributed by atoms with Crippen LogP contribution in [0.4, 0.5) is 0 Å². The Morgan fingerprint density at radius 2 is 0.973 bits per heavy atom. The van der Waals surface area contributed by atoms with Gasteiger partial charge in [0.05, 0.1) is 6.61 Å². The van der Waals surface area contributed by atoms with Crippen LogP contribution in [0.25, 0.3) is 0 Å². The number of phosphoric ester groups is 1. The molecule has 8 nitrogen and oxygen atoms in total. The van der Waals surface area contributed by atoms with Crippen LogP contribution in [0.15, 0.2) is 0 Å². The minimum Gasteiger partial charge on any atom is -0.462 e. The lowest BCUT2D eigenvalue weighted by Crippen LogP contribution is -2.29. The summed E-state index contributed by atoms with van der Waals surface area (Å²) in [6, 6.07) is 0. The summed E-state index contributed by atoms with van der Waals surface area (Å²) in [5, 5.41) is 0. The fourth-order valence-corrected chi connectivity index (χ4v) is 4.50. The van der Waals surface area contributed by atoms with Gasteiger partial charge >= 0.3 is 19.8 Å². The zero-order chi connectivity index (χ0) is 27.6. The standard InChI is InChI=1S/C28H55O8P/c1-3-5-7-8-9-10-11-12-13-14-15-16-17-18-19-21-23-28(30)36-26(25-35-37(31,32)33)24-34-27(29)22-20-6-4-2/h26H,3-25H2,1-2H3,(H2,31,32,33). The first-order valence-electron chi connectivity index (χ1n) is 14.8. The summed E-state index contributed by atoms with van der Waals surface area (Å²) in [4.78, 5) is 41.8. The zero-order valence-corrected chi connectivity index (χ0v) is 24.5.